The van der Waals surface area contributed by atoms with E-state index in [1.165, 1.54) is 0 Å². The van der Waals surface area contributed by atoms with Gasteiger partial charge in [-0.25, -0.2) is 13.1 Å². The number of benzene rings is 2. The smallest absolute Gasteiger partial charge is 0.246 e. The van der Waals surface area contributed by atoms with Crippen LogP contribution in [0.5, 0.6) is 5.75 Å². The second-order valence-electron chi connectivity index (χ2n) is 7.10. The van der Waals surface area contributed by atoms with Gasteiger partial charge < -0.3 is 14.7 Å². The van der Waals surface area contributed by atoms with Crippen LogP contribution in [0.15, 0.2) is 53.4 Å². The summed E-state index contributed by atoms with van der Waals surface area (Å²) in [5, 5.41) is 9.66. The van der Waals surface area contributed by atoms with Gasteiger partial charge in [0.25, 0.3) is 0 Å². The quantitative estimate of drug-likeness (QED) is 0.837. The van der Waals surface area contributed by atoms with Gasteiger partial charge >= 0.3 is 0 Å². The van der Waals surface area contributed by atoms with Crippen LogP contribution in [0.2, 0.25) is 0 Å². The largest absolute Gasteiger partial charge is 0.490 e. The Morgan fingerprint density at radius 2 is 1.96 bits per heavy atom. The highest BCUT2D eigenvalue weighted by Gasteiger charge is 2.35. The first-order chi connectivity index (χ1) is 13.1. The molecule has 144 valence electrons. The molecule has 0 spiro atoms. The Morgan fingerprint density at radius 1 is 1.15 bits per heavy atom. The zero-order chi connectivity index (χ0) is 18.9. The van der Waals surface area contributed by atoms with Crippen LogP contribution >= 0.6 is 0 Å². The molecule has 1 saturated heterocycles. The first kappa shape index (κ1) is 18.3. The van der Waals surface area contributed by atoms with Gasteiger partial charge in [-0.2, -0.15) is 0 Å². The SMILES string of the molecule is O=S1(=O)N[C@@H](Cc2ccccc2)COc2cccc(N3CCC[C@@H]3CO)c21. The van der Waals surface area contributed by atoms with Crippen molar-refractivity contribution in [1.82, 2.24) is 4.72 Å². The molecule has 4 rings (SSSR count). The van der Waals surface area contributed by atoms with E-state index in [0.29, 0.717) is 17.9 Å². The van der Waals surface area contributed by atoms with E-state index in [2.05, 4.69) is 4.72 Å². The molecule has 0 amide bonds. The van der Waals surface area contributed by atoms with Crippen molar-refractivity contribution in [2.75, 3.05) is 24.7 Å². The molecule has 2 aliphatic heterocycles. The predicted molar refractivity (Wildman–Crippen MR) is 104 cm³/mol. The van der Waals surface area contributed by atoms with E-state index in [4.69, 9.17) is 4.74 Å². The molecule has 1 fully saturated rings. The first-order valence-electron chi connectivity index (χ1n) is 9.28. The van der Waals surface area contributed by atoms with Crippen molar-refractivity contribution in [3.8, 4) is 5.75 Å². The Hall–Kier alpha value is -2.09. The van der Waals surface area contributed by atoms with Gasteiger partial charge in [-0.05, 0) is 37.0 Å². The molecule has 27 heavy (non-hydrogen) atoms. The van der Waals surface area contributed by atoms with E-state index in [1.807, 2.05) is 41.3 Å². The lowest BCUT2D eigenvalue weighted by atomic mass is 10.1. The Bertz CT molecular complexity index is 901. The number of nitrogens with one attached hydrogen (secondary N) is 1. The number of hydrogen-bond donors (Lipinski definition) is 2. The van der Waals surface area contributed by atoms with E-state index in [0.717, 1.165) is 24.9 Å². The molecular formula is C20H24N2O4S. The highest BCUT2D eigenvalue weighted by molar-refractivity contribution is 7.89. The standard InChI is InChI=1S/C20H24N2O4S/c23-13-17-8-5-11-22(17)18-9-4-10-19-20(18)27(24,25)21-16(14-26-19)12-15-6-2-1-3-7-15/h1-4,6-7,9-10,16-17,21,23H,5,8,11-14H2/t16-,17+/m0/s1. The first-order valence-corrected chi connectivity index (χ1v) is 10.8. The molecule has 0 unspecified atom stereocenters. The zero-order valence-electron chi connectivity index (χ0n) is 15.0. The summed E-state index contributed by atoms with van der Waals surface area (Å²) in [4.78, 5) is 2.17. The van der Waals surface area contributed by atoms with Gasteiger partial charge in [-0.15, -0.1) is 0 Å². The maximum atomic E-state index is 13.2. The number of aliphatic hydroxyl groups excluding tert-OH is 1. The molecule has 2 aromatic rings. The van der Waals surface area contributed by atoms with Gasteiger partial charge in [-0.3, -0.25) is 0 Å². The van der Waals surface area contributed by atoms with Crippen LogP contribution in [-0.2, 0) is 16.4 Å². The van der Waals surface area contributed by atoms with Gasteiger partial charge in [0.1, 0.15) is 17.3 Å². The normalized spacial score (nSPS) is 24.1. The summed E-state index contributed by atoms with van der Waals surface area (Å²) in [5.74, 6) is 0.374. The van der Waals surface area contributed by atoms with Crippen molar-refractivity contribution in [3.63, 3.8) is 0 Å². The summed E-state index contributed by atoms with van der Waals surface area (Å²) < 4.78 is 35.1. The topological polar surface area (TPSA) is 78.9 Å². The van der Waals surface area contributed by atoms with Gasteiger partial charge in [0.2, 0.25) is 10.0 Å². The van der Waals surface area contributed by atoms with E-state index in [9.17, 15) is 13.5 Å². The van der Waals surface area contributed by atoms with Gasteiger partial charge in [0.05, 0.1) is 24.4 Å². The number of fused-ring (bicyclic) bond motifs is 1. The highest BCUT2D eigenvalue weighted by atomic mass is 32.2. The minimum absolute atomic E-state index is 0.00856. The van der Waals surface area contributed by atoms with Crippen molar-refractivity contribution in [2.45, 2.75) is 36.2 Å². The summed E-state index contributed by atoms with van der Waals surface area (Å²) in [6.45, 7) is 1.01. The fourth-order valence-corrected chi connectivity index (χ4v) is 5.52. The Balaban J connectivity index is 1.67. The van der Waals surface area contributed by atoms with Crippen LogP contribution in [0.4, 0.5) is 5.69 Å². The predicted octanol–water partition coefficient (Wildman–Crippen LogP) is 1.93. The van der Waals surface area contributed by atoms with Crippen molar-refractivity contribution in [1.29, 1.82) is 0 Å². The molecule has 2 heterocycles. The molecule has 0 aromatic heterocycles. The minimum atomic E-state index is -3.75. The number of aliphatic hydroxyl groups is 1. The minimum Gasteiger partial charge on any atom is -0.490 e. The lowest BCUT2D eigenvalue weighted by Gasteiger charge is -2.27. The molecule has 0 bridgehead atoms. The summed E-state index contributed by atoms with van der Waals surface area (Å²) >= 11 is 0. The molecule has 0 aliphatic carbocycles. The molecule has 2 aromatic carbocycles. The lowest BCUT2D eigenvalue weighted by molar-refractivity contribution is 0.265. The van der Waals surface area contributed by atoms with E-state index in [-0.39, 0.29) is 30.2 Å². The maximum Gasteiger partial charge on any atom is 0.246 e. The average molecular weight is 388 g/mol. The third-order valence-corrected chi connectivity index (χ3v) is 6.80. The average Bonchev–Trinajstić information content (AvgIpc) is 3.10. The summed E-state index contributed by atoms with van der Waals surface area (Å²) in [6.07, 6.45) is 2.34. The zero-order valence-corrected chi connectivity index (χ0v) is 15.9. The number of ether oxygens (including phenoxy) is 1. The van der Waals surface area contributed by atoms with Crippen molar-refractivity contribution >= 4 is 15.7 Å². The second kappa shape index (κ2) is 7.50. The van der Waals surface area contributed by atoms with E-state index >= 15 is 0 Å². The number of hydrogen-bond acceptors (Lipinski definition) is 5. The Kier molecular flexibility index (Phi) is 5.08. The summed E-state index contributed by atoms with van der Waals surface area (Å²) in [6, 6.07) is 14.7. The fourth-order valence-electron chi connectivity index (χ4n) is 3.96. The van der Waals surface area contributed by atoms with Gasteiger partial charge in [-0.1, -0.05) is 36.4 Å². The molecule has 0 radical (unpaired) electrons. The third kappa shape index (κ3) is 3.67. The molecule has 2 N–H and O–H groups in total. The highest BCUT2D eigenvalue weighted by Crippen LogP contribution is 2.38. The summed E-state index contributed by atoms with van der Waals surface area (Å²) in [7, 11) is -3.75. The van der Waals surface area contributed by atoms with Crippen LogP contribution < -0.4 is 14.4 Å². The molecule has 0 saturated carbocycles. The van der Waals surface area contributed by atoms with Crippen LogP contribution in [0.3, 0.4) is 0 Å². The Labute approximate surface area is 159 Å². The second-order valence-corrected chi connectivity index (χ2v) is 8.75. The van der Waals surface area contributed by atoms with E-state index in [1.54, 1.807) is 12.1 Å². The lowest BCUT2D eigenvalue weighted by Crippen LogP contribution is -2.39. The van der Waals surface area contributed by atoms with Crippen LogP contribution in [0, 0.1) is 0 Å². The number of nitrogens with zero attached hydrogens (tertiary/aromatic N) is 1. The Morgan fingerprint density at radius 3 is 2.74 bits per heavy atom. The fraction of sp³-hybridized carbons (Fsp3) is 0.400. The maximum absolute atomic E-state index is 13.2. The van der Waals surface area contributed by atoms with Crippen molar-refractivity contribution in [2.24, 2.45) is 0 Å². The molecule has 7 heteroatoms. The number of rotatable bonds is 4. The molecule has 6 nitrogen and oxygen atoms in total. The van der Waals surface area contributed by atoms with Crippen LogP contribution in [0.25, 0.3) is 0 Å². The summed E-state index contributed by atoms with van der Waals surface area (Å²) in [5.41, 5.74) is 1.66. The van der Waals surface area contributed by atoms with E-state index < -0.39 is 10.0 Å². The van der Waals surface area contributed by atoms with Crippen molar-refractivity contribution < 1.29 is 18.3 Å². The van der Waals surface area contributed by atoms with Gasteiger partial charge in [0.15, 0.2) is 0 Å². The van der Waals surface area contributed by atoms with Crippen LogP contribution in [-0.4, -0.2) is 45.4 Å². The molecular weight excluding hydrogens is 364 g/mol. The molecule has 2 aliphatic rings. The molecule has 2 atom stereocenters. The number of anilines is 1. The van der Waals surface area contributed by atoms with Gasteiger partial charge in [0, 0.05) is 6.54 Å². The number of sulfonamides is 1. The van der Waals surface area contributed by atoms with Crippen molar-refractivity contribution in [3.05, 3.63) is 54.1 Å². The third-order valence-electron chi connectivity index (χ3n) is 5.21. The van der Waals surface area contributed by atoms with Crippen LogP contribution in [0.1, 0.15) is 18.4 Å². The monoisotopic (exact) mass is 388 g/mol.